The summed E-state index contributed by atoms with van der Waals surface area (Å²) >= 11 is 0. The van der Waals surface area contributed by atoms with Crippen molar-refractivity contribution in [1.29, 1.82) is 0 Å². The SMILES string of the molecule is CC(C)(C)c1ccnc(-n2c3[c-]c(Oc4[c-]c(N5[CH-]N(c6cc(-c7ccccc7)cc(C(C)(C)c7ccccc7)c6)c6ccccc65)cc(C(C)(C)c5ccccc5)c4)ccc3c3ccccc32)c1.[Pt]. The van der Waals surface area contributed by atoms with E-state index < -0.39 is 0 Å². The summed E-state index contributed by atoms with van der Waals surface area (Å²) in [4.78, 5) is 9.48. The first-order valence-electron chi connectivity index (χ1n) is 23.9. The van der Waals surface area contributed by atoms with Crippen LogP contribution in [0.15, 0.2) is 200 Å². The first-order valence-corrected chi connectivity index (χ1v) is 23.9. The van der Waals surface area contributed by atoms with Crippen LogP contribution in [0.4, 0.5) is 22.7 Å². The van der Waals surface area contributed by atoms with Crippen molar-refractivity contribution < 1.29 is 25.8 Å². The molecular weight excluding hydrogens is 1040 g/mol. The van der Waals surface area contributed by atoms with Crippen LogP contribution >= 0.6 is 0 Å². The molecule has 10 aromatic rings. The zero-order chi connectivity index (χ0) is 47.5. The molecule has 1 aliphatic heterocycles. The van der Waals surface area contributed by atoms with Crippen LogP contribution in [0.5, 0.6) is 11.5 Å². The third-order valence-electron chi connectivity index (χ3n) is 14.1. The normalized spacial score (nSPS) is 12.8. The second-order valence-electron chi connectivity index (χ2n) is 20.3. The summed E-state index contributed by atoms with van der Waals surface area (Å²) in [5.41, 5.74) is 13.7. The number of benzene rings is 8. The van der Waals surface area contributed by atoms with Crippen molar-refractivity contribution in [2.24, 2.45) is 0 Å². The van der Waals surface area contributed by atoms with E-state index in [1.54, 1.807) is 0 Å². The van der Waals surface area contributed by atoms with E-state index in [0.717, 1.165) is 61.5 Å². The Balaban J connectivity index is 0.00000567. The van der Waals surface area contributed by atoms with Gasteiger partial charge in [0.1, 0.15) is 5.82 Å². The van der Waals surface area contributed by atoms with Crippen molar-refractivity contribution in [3.05, 3.63) is 247 Å². The maximum absolute atomic E-state index is 6.98. The van der Waals surface area contributed by atoms with Gasteiger partial charge < -0.3 is 19.1 Å². The summed E-state index contributed by atoms with van der Waals surface area (Å²) in [6.45, 7) is 18.1. The monoisotopic (exact) mass is 1090 g/mol. The van der Waals surface area contributed by atoms with Crippen LogP contribution in [-0.4, -0.2) is 9.55 Å². The maximum Gasteiger partial charge on any atom is 0.135 e. The Kier molecular flexibility index (Phi) is 12.1. The summed E-state index contributed by atoms with van der Waals surface area (Å²) in [5.74, 6) is 2.04. The summed E-state index contributed by atoms with van der Waals surface area (Å²) < 4.78 is 9.19. The van der Waals surface area contributed by atoms with E-state index in [1.807, 2.05) is 12.3 Å². The molecule has 0 saturated carbocycles. The van der Waals surface area contributed by atoms with Gasteiger partial charge in [-0.25, -0.2) is 4.98 Å². The summed E-state index contributed by atoms with van der Waals surface area (Å²) in [5, 5.41) is 2.22. The predicted octanol–water partition coefficient (Wildman–Crippen LogP) is 16.6. The van der Waals surface area contributed by atoms with Crippen molar-refractivity contribution in [3.8, 4) is 28.4 Å². The number of hydrogen-bond acceptors (Lipinski definition) is 4. The molecule has 3 heterocycles. The van der Waals surface area contributed by atoms with Crippen LogP contribution in [0.25, 0.3) is 38.8 Å². The number of anilines is 4. The van der Waals surface area contributed by atoms with Gasteiger partial charge >= 0.3 is 0 Å². The smallest absolute Gasteiger partial charge is 0.135 e. The van der Waals surface area contributed by atoms with Gasteiger partial charge in [0.25, 0.3) is 0 Å². The fourth-order valence-corrected chi connectivity index (χ4v) is 9.83. The zero-order valence-corrected chi connectivity index (χ0v) is 42.9. The van der Waals surface area contributed by atoms with E-state index in [2.05, 4.69) is 270 Å². The number of ether oxygens (including phenoxy) is 1. The van der Waals surface area contributed by atoms with Crippen LogP contribution in [0, 0.1) is 18.8 Å². The molecule has 0 aliphatic carbocycles. The molecule has 0 N–H and O–H groups in total. The van der Waals surface area contributed by atoms with Crippen molar-refractivity contribution in [2.75, 3.05) is 9.80 Å². The van der Waals surface area contributed by atoms with Crippen LogP contribution in [0.2, 0.25) is 0 Å². The largest absolute Gasteiger partial charge is 0.509 e. The van der Waals surface area contributed by atoms with Crippen molar-refractivity contribution >= 4 is 44.6 Å². The van der Waals surface area contributed by atoms with Gasteiger partial charge in [-0.2, -0.15) is 6.07 Å². The first kappa shape index (κ1) is 46.5. The Bertz CT molecular complexity index is 3500. The first-order chi connectivity index (χ1) is 33.3. The summed E-state index contributed by atoms with van der Waals surface area (Å²) in [7, 11) is 0. The van der Waals surface area contributed by atoms with Gasteiger partial charge in [-0.05, 0) is 92.1 Å². The zero-order valence-electron chi connectivity index (χ0n) is 40.6. The van der Waals surface area contributed by atoms with Gasteiger partial charge in [0.15, 0.2) is 0 Å². The number of aromatic nitrogens is 2. The molecule has 0 atom stereocenters. The van der Waals surface area contributed by atoms with Gasteiger partial charge in [0, 0.05) is 66.8 Å². The van der Waals surface area contributed by atoms with E-state index in [0.29, 0.717) is 11.5 Å². The fraction of sp³-hybridized carbons (Fsp3) is 0.156. The quantitative estimate of drug-likeness (QED) is 0.128. The van der Waals surface area contributed by atoms with Crippen molar-refractivity contribution in [2.45, 2.75) is 64.7 Å². The maximum atomic E-state index is 6.98. The minimum Gasteiger partial charge on any atom is -0.509 e. The topological polar surface area (TPSA) is 33.5 Å². The average molecular weight is 1090 g/mol. The fourth-order valence-electron chi connectivity index (χ4n) is 9.83. The molecule has 5 nitrogen and oxygen atoms in total. The van der Waals surface area contributed by atoms with Gasteiger partial charge in [-0.3, -0.25) is 0 Å². The third kappa shape index (κ3) is 8.51. The second-order valence-corrected chi connectivity index (χ2v) is 20.3. The van der Waals surface area contributed by atoms with Gasteiger partial charge in [0.05, 0.1) is 0 Å². The Morgan fingerprint density at radius 2 is 1.07 bits per heavy atom. The molecule has 0 fully saturated rings. The molecule has 0 saturated heterocycles. The molecule has 0 unspecified atom stereocenters. The Hall–Kier alpha value is -7.20. The number of rotatable bonds is 10. The molecule has 0 bridgehead atoms. The minimum absolute atomic E-state index is 0. The minimum atomic E-state index is -0.381. The molecule has 70 heavy (non-hydrogen) atoms. The van der Waals surface area contributed by atoms with Gasteiger partial charge in [0.2, 0.25) is 0 Å². The Labute approximate surface area is 427 Å². The molecule has 6 heteroatoms. The number of nitrogens with zero attached hydrogens (tertiary/aromatic N) is 4. The molecule has 11 rings (SSSR count). The molecule has 0 spiro atoms. The van der Waals surface area contributed by atoms with E-state index in [9.17, 15) is 0 Å². The van der Waals surface area contributed by atoms with Crippen LogP contribution in [0.3, 0.4) is 0 Å². The van der Waals surface area contributed by atoms with E-state index in [1.165, 1.54) is 27.8 Å². The van der Waals surface area contributed by atoms with E-state index in [4.69, 9.17) is 9.72 Å². The van der Waals surface area contributed by atoms with Crippen LogP contribution < -0.4 is 14.5 Å². The summed E-state index contributed by atoms with van der Waals surface area (Å²) in [6.07, 6.45) is 1.91. The van der Waals surface area contributed by atoms with Crippen molar-refractivity contribution in [3.63, 3.8) is 0 Å². The molecule has 0 amide bonds. The van der Waals surface area contributed by atoms with Crippen LogP contribution in [0.1, 0.15) is 76.3 Å². The number of fused-ring (bicyclic) bond motifs is 4. The number of hydrogen-bond donors (Lipinski definition) is 0. The molecule has 350 valence electrons. The van der Waals surface area contributed by atoms with E-state index in [-0.39, 0.29) is 37.3 Å². The summed E-state index contributed by atoms with van der Waals surface area (Å²) in [6, 6.07) is 76.6. The van der Waals surface area contributed by atoms with E-state index >= 15 is 0 Å². The van der Waals surface area contributed by atoms with Crippen molar-refractivity contribution in [1.82, 2.24) is 9.55 Å². The van der Waals surface area contributed by atoms with Gasteiger partial charge in [-0.15, -0.1) is 53.6 Å². The number of pyridine rings is 1. The standard InChI is InChI=1S/C64H55N4O.Pt/c1-62(2,3)48-33-34-65-61(40-48)68-57-28-18-17-27-55(57)56-32-31-53(42-60(56)68)69-54-39-50(64(6,7)47-25-15-10-16-26-47)38-52(41-54)67-43-66(58-29-19-20-30-59(58)67)51-36-45(44-21-11-8-12-22-44)35-49(37-51)63(4,5)46-23-13-9-14-24-46;/h8-40,43H,1-7H3;/q-3;. The van der Waals surface area contributed by atoms with Gasteiger partial charge in [-0.1, -0.05) is 181 Å². The molecular formula is C64H55N4OPt-3. The molecule has 1 aliphatic rings. The molecule has 8 aromatic carbocycles. The third-order valence-corrected chi connectivity index (χ3v) is 14.1. The average Bonchev–Trinajstić information content (AvgIpc) is 3.93. The predicted molar refractivity (Wildman–Crippen MR) is 286 cm³/mol. The van der Waals surface area contributed by atoms with Crippen LogP contribution in [-0.2, 0) is 37.3 Å². The Morgan fingerprint density at radius 3 is 1.74 bits per heavy atom. The molecule has 0 radical (unpaired) electrons. The number of para-hydroxylation sites is 3. The Morgan fingerprint density at radius 1 is 0.471 bits per heavy atom. The molecule has 2 aromatic heterocycles. The second kappa shape index (κ2) is 18.3.